The minimum absolute atomic E-state index is 0.0685. The van der Waals surface area contributed by atoms with E-state index < -0.39 is 0 Å². The third-order valence-electron chi connectivity index (χ3n) is 9.86. The van der Waals surface area contributed by atoms with Crippen molar-refractivity contribution in [2.45, 2.75) is 84.5 Å². The van der Waals surface area contributed by atoms with Crippen molar-refractivity contribution >= 4 is 0 Å². The van der Waals surface area contributed by atoms with Crippen LogP contribution in [0.15, 0.2) is 12.2 Å². The summed E-state index contributed by atoms with van der Waals surface area (Å²) in [7, 11) is 1.95. The molecule has 0 aromatic carbocycles. The smallest absolute Gasteiger partial charge is 0.173 e. The molecular weight excluding hydrogens is 348 g/mol. The van der Waals surface area contributed by atoms with Crippen LogP contribution in [0.1, 0.15) is 72.6 Å². The molecule has 3 saturated carbocycles. The van der Waals surface area contributed by atoms with Crippen LogP contribution < -0.4 is 0 Å². The Morgan fingerprint density at radius 1 is 0.964 bits per heavy atom. The molecule has 1 saturated heterocycles. The second-order valence-electron chi connectivity index (χ2n) is 11.9. The van der Waals surface area contributed by atoms with Gasteiger partial charge in [-0.05, 0) is 67.6 Å². The molecule has 7 unspecified atom stereocenters. The zero-order chi connectivity index (χ0) is 19.8. The Kier molecular flexibility index (Phi) is 4.41. The average molecular weight is 389 g/mol. The van der Waals surface area contributed by atoms with E-state index in [4.69, 9.17) is 14.2 Å². The van der Waals surface area contributed by atoms with Crippen molar-refractivity contribution in [1.29, 1.82) is 0 Å². The van der Waals surface area contributed by atoms with Crippen LogP contribution in [0.25, 0.3) is 0 Å². The lowest BCUT2D eigenvalue weighted by atomic mass is 9.45. The fourth-order valence-electron chi connectivity index (χ4n) is 8.29. The van der Waals surface area contributed by atoms with Crippen LogP contribution >= 0.6 is 0 Å². The summed E-state index contributed by atoms with van der Waals surface area (Å²) in [5.74, 6) is 2.57. The first-order chi connectivity index (χ1) is 13.2. The molecule has 0 aromatic rings. The number of ether oxygens (including phenoxy) is 3. The minimum Gasteiger partial charge on any atom is -0.381 e. The molecule has 4 fully saturated rings. The lowest BCUT2D eigenvalue weighted by molar-refractivity contribution is -0.353. The third-order valence-corrected chi connectivity index (χ3v) is 9.86. The molecule has 1 heterocycles. The Hall–Kier alpha value is -0.380. The summed E-state index contributed by atoms with van der Waals surface area (Å²) < 4.78 is 19.5. The van der Waals surface area contributed by atoms with Gasteiger partial charge in [-0.25, -0.2) is 0 Å². The molecule has 5 rings (SSSR count). The molecule has 28 heavy (non-hydrogen) atoms. The van der Waals surface area contributed by atoms with Crippen molar-refractivity contribution in [2.24, 2.45) is 39.9 Å². The van der Waals surface area contributed by atoms with Crippen LogP contribution in [0.2, 0.25) is 0 Å². The van der Waals surface area contributed by atoms with E-state index in [9.17, 15) is 0 Å². The molecule has 0 N–H and O–H groups in total. The number of methoxy groups -OCH3 is 1. The normalized spacial score (nSPS) is 51.4. The van der Waals surface area contributed by atoms with Crippen LogP contribution in [0.5, 0.6) is 0 Å². The summed E-state index contributed by atoms with van der Waals surface area (Å²) in [6, 6.07) is 0. The molecule has 1 aliphatic heterocycles. The van der Waals surface area contributed by atoms with E-state index in [1.54, 1.807) is 0 Å². The topological polar surface area (TPSA) is 27.7 Å². The highest BCUT2D eigenvalue weighted by molar-refractivity contribution is 5.17. The van der Waals surface area contributed by atoms with Crippen molar-refractivity contribution in [1.82, 2.24) is 0 Å². The zero-order valence-electron chi connectivity index (χ0n) is 18.6. The molecule has 3 nitrogen and oxygen atoms in total. The largest absolute Gasteiger partial charge is 0.381 e. The van der Waals surface area contributed by atoms with Gasteiger partial charge in [0, 0.05) is 24.4 Å². The minimum atomic E-state index is -0.390. The first kappa shape index (κ1) is 19.6. The van der Waals surface area contributed by atoms with Crippen molar-refractivity contribution in [3.05, 3.63) is 12.2 Å². The van der Waals surface area contributed by atoms with E-state index in [1.165, 1.54) is 32.1 Å². The molecule has 0 radical (unpaired) electrons. The Bertz CT molecular complexity index is 644. The van der Waals surface area contributed by atoms with Gasteiger partial charge in [0.1, 0.15) is 0 Å². The van der Waals surface area contributed by atoms with Crippen LogP contribution in [-0.2, 0) is 14.2 Å². The summed E-state index contributed by atoms with van der Waals surface area (Å²) in [6.45, 7) is 11.2. The maximum atomic E-state index is 6.63. The van der Waals surface area contributed by atoms with Crippen molar-refractivity contribution in [3.63, 3.8) is 0 Å². The van der Waals surface area contributed by atoms with Crippen LogP contribution in [0, 0.1) is 39.9 Å². The second-order valence-corrected chi connectivity index (χ2v) is 11.9. The van der Waals surface area contributed by atoms with Gasteiger partial charge >= 0.3 is 0 Å². The van der Waals surface area contributed by atoms with Gasteiger partial charge in [0.15, 0.2) is 5.79 Å². The van der Waals surface area contributed by atoms with Crippen LogP contribution in [0.4, 0.5) is 0 Å². The number of fused-ring (bicyclic) bond motifs is 6. The number of hydrogen-bond donors (Lipinski definition) is 0. The summed E-state index contributed by atoms with van der Waals surface area (Å²) in [5, 5.41) is 0. The molecule has 4 aliphatic carbocycles. The van der Waals surface area contributed by atoms with E-state index >= 15 is 0 Å². The summed E-state index contributed by atoms with van der Waals surface area (Å²) in [4.78, 5) is 0. The molecule has 7 atom stereocenters. The quantitative estimate of drug-likeness (QED) is 0.548. The highest BCUT2D eigenvalue weighted by Gasteiger charge is 2.69. The molecule has 0 amide bonds. The maximum Gasteiger partial charge on any atom is 0.173 e. The number of allylic oxidation sites excluding steroid dienone is 2. The lowest BCUT2D eigenvalue weighted by Gasteiger charge is -2.63. The lowest BCUT2D eigenvalue weighted by Crippen LogP contribution is -2.63. The molecule has 158 valence electrons. The predicted octanol–water partition coefficient (Wildman–Crippen LogP) is 5.59. The highest BCUT2D eigenvalue weighted by Crippen LogP contribution is 2.69. The molecule has 3 heteroatoms. The number of rotatable bonds is 1. The van der Waals surface area contributed by atoms with Gasteiger partial charge in [0.2, 0.25) is 0 Å². The first-order valence-corrected chi connectivity index (χ1v) is 11.7. The van der Waals surface area contributed by atoms with Gasteiger partial charge in [-0.1, -0.05) is 39.8 Å². The predicted molar refractivity (Wildman–Crippen MR) is 111 cm³/mol. The zero-order valence-corrected chi connectivity index (χ0v) is 18.6. The standard InChI is InChI=1S/C25H40O3/c1-22(2)15-27-25(28-16-22)13-11-19-18-10-9-17-8-6-7-12-23(17,3)21(18)20(26-5)14-24(19,25)4/h6-7,17-21H,8-16H2,1-5H3. The van der Waals surface area contributed by atoms with Gasteiger partial charge in [-0.3, -0.25) is 0 Å². The molecular formula is C25H40O3. The molecule has 1 spiro atoms. The van der Waals surface area contributed by atoms with Crippen LogP contribution in [0.3, 0.4) is 0 Å². The molecule has 5 aliphatic rings. The van der Waals surface area contributed by atoms with Crippen molar-refractivity contribution < 1.29 is 14.2 Å². The fraction of sp³-hybridized carbons (Fsp3) is 0.920. The van der Waals surface area contributed by atoms with Gasteiger partial charge in [-0.2, -0.15) is 0 Å². The third kappa shape index (κ3) is 2.51. The van der Waals surface area contributed by atoms with Crippen molar-refractivity contribution in [2.75, 3.05) is 20.3 Å². The van der Waals surface area contributed by atoms with E-state index in [-0.39, 0.29) is 16.6 Å². The SMILES string of the molecule is COC1CC2(C)C(CCC23OCC(C)(C)CO3)C2CCC3CC=CCC3(C)C12. The van der Waals surface area contributed by atoms with E-state index in [0.29, 0.717) is 23.4 Å². The summed E-state index contributed by atoms with van der Waals surface area (Å²) in [6.07, 6.45) is 13.8. The monoisotopic (exact) mass is 388 g/mol. The van der Waals surface area contributed by atoms with Crippen LogP contribution in [-0.4, -0.2) is 32.2 Å². The fourth-order valence-corrected chi connectivity index (χ4v) is 8.29. The number of hydrogen-bond acceptors (Lipinski definition) is 3. The van der Waals surface area contributed by atoms with E-state index in [2.05, 4.69) is 39.8 Å². The van der Waals surface area contributed by atoms with E-state index in [0.717, 1.165) is 37.9 Å². The maximum absolute atomic E-state index is 6.63. The van der Waals surface area contributed by atoms with E-state index in [1.807, 2.05) is 7.11 Å². The Morgan fingerprint density at radius 3 is 2.43 bits per heavy atom. The summed E-state index contributed by atoms with van der Waals surface area (Å²) in [5.41, 5.74) is 0.586. The first-order valence-electron chi connectivity index (χ1n) is 11.7. The summed E-state index contributed by atoms with van der Waals surface area (Å²) >= 11 is 0. The van der Waals surface area contributed by atoms with Gasteiger partial charge in [0.25, 0.3) is 0 Å². The second kappa shape index (κ2) is 6.31. The van der Waals surface area contributed by atoms with Gasteiger partial charge < -0.3 is 14.2 Å². The Labute approximate surface area is 171 Å². The highest BCUT2D eigenvalue weighted by atomic mass is 16.7. The molecule has 0 aromatic heterocycles. The molecule has 0 bridgehead atoms. The average Bonchev–Trinajstić information content (AvgIpc) is 2.95. The Balaban J connectivity index is 1.50. The van der Waals surface area contributed by atoms with Crippen molar-refractivity contribution in [3.8, 4) is 0 Å². The Morgan fingerprint density at radius 2 is 1.71 bits per heavy atom. The van der Waals surface area contributed by atoms with Gasteiger partial charge in [0.05, 0.1) is 19.3 Å². The van der Waals surface area contributed by atoms with Gasteiger partial charge in [-0.15, -0.1) is 0 Å².